The van der Waals surface area contributed by atoms with Crippen LogP contribution in [0.25, 0.3) is 0 Å². The molecule has 1 unspecified atom stereocenters. The van der Waals surface area contributed by atoms with Crippen LogP contribution in [0.15, 0.2) is 35.6 Å². The zero-order chi connectivity index (χ0) is 10.0. The van der Waals surface area contributed by atoms with Crippen LogP contribution in [0.3, 0.4) is 0 Å². The number of thiazole rings is 1. The van der Waals surface area contributed by atoms with Gasteiger partial charge in [-0.15, -0.1) is 11.3 Å². The van der Waals surface area contributed by atoms with Crippen molar-refractivity contribution in [3.8, 4) is 6.07 Å². The fourth-order valence-corrected chi connectivity index (χ4v) is 2.21. The lowest BCUT2D eigenvalue weighted by Crippen LogP contribution is -2.25. The number of hydrogen-bond donors (Lipinski definition) is 0. The predicted molar refractivity (Wildman–Crippen MR) is 52.4 cm³/mol. The van der Waals surface area contributed by atoms with E-state index in [9.17, 15) is 4.39 Å². The van der Waals surface area contributed by atoms with Gasteiger partial charge in [0.05, 0.1) is 6.07 Å². The minimum Gasteiger partial charge on any atom is -0.248 e. The third kappa shape index (κ3) is 1.17. The van der Waals surface area contributed by atoms with E-state index in [4.69, 9.17) is 5.26 Å². The van der Waals surface area contributed by atoms with E-state index in [-0.39, 0.29) is 0 Å². The topological polar surface area (TPSA) is 36.7 Å². The molecule has 0 radical (unpaired) electrons. The lowest BCUT2D eigenvalue weighted by molar-refractivity contribution is 0.470. The summed E-state index contributed by atoms with van der Waals surface area (Å²) in [6.45, 7) is 0. The van der Waals surface area contributed by atoms with Gasteiger partial charge in [-0.3, -0.25) is 0 Å². The van der Waals surface area contributed by atoms with E-state index in [1.807, 2.05) is 6.07 Å². The van der Waals surface area contributed by atoms with E-state index in [0.717, 1.165) is 0 Å². The molecule has 1 aromatic rings. The highest BCUT2D eigenvalue weighted by Gasteiger charge is 2.40. The van der Waals surface area contributed by atoms with Gasteiger partial charge in [0.15, 0.2) is 5.41 Å². The van der Waals surface area contributed by atoms with Crippen molar-refractivity contribution < 1.29 is 4.39 Å². The minimum absolute atomic E-state index is 0.360. The Labute approximate surface area is 85.0 Å². The molecule has 0 amide bonds. The second-order valence-electron chi connectivity index (χ2n) is 3.00. The fraction of sp³-hybridized carbons (Fsp3) is 0.200. The van der Waals surface area contributed by atoms with Gasteiger partial charge in [0.25, 0.3) is 0 Å². The van der Waals surface area contributed by atoms with E-state index in [1.165, 1.54) is 17.4 Å². The number of hydrogen-bond acceptors (Lipinski definition) is 3. The molecule has 2 rings (SSSR count). The maximum atomic E-state index is 13.6. The second kappa shape index (κ2) is 3.35. The van der Waals surface area contributed by atoms with Crippen molar-refractivity contribution in [3.05, 3.63) is 40.6 Å². The van der Waals surface area contributed by atoms with Crippen LogP contribution in [0.4, 0.5) is 4.39 Å². The van der Waals surface area contributed by atoms with Crippen molar-refractivity contribution in [1.82, 2.24) is 4.98 Å². The molecule has 1 heterocycles. The molecule has 1 aliphatic rings. The third-order valence-electron chi connectivity index (χ3n) is 2.20. The van der Waals surface area contributed by atoms with Gasteiger partial charge in [-0.2, -0.15) is 5.26 Å². The summed E-state index contributed by atoms with van der Waals surface area (Å²) in [5.74, 6) is -0.419. The Morgan fingerprint density at radius 3 is 3.07 bits per heavy atom. The first-order chi connectivity index (χ1) is 6.79. The highest BCUT2D eigenvalue weighted by molar-refractivity contribution is 7.09. The number of allylic oxidation sites excluding steroid dienone is 4. The molecule has 1 aromatic heterocycles. The van der Waals surface area contributed by atoms with Gasteiger partial charge in [-0.25, -0.2) is 9.37 Å². The maximum absolute atomic E-state index is 13.6. The number of halogens is 1. The average Bonchev–Trinajstić information content (AvgIpc) is 2.72. The van der Waals surface area contributed by atoms with Crippen LogP contribution in [-0.4, -0.2) is 4.98 Å². The molecule has 0 fully saturated rings. The number of aromatic nitrogens is 1. The smallest absolute Gasteiger partial charge is 0.163 e. The molecule has 1 aliphatic carbocycles. The van der Waals surface area contributed by atoms with Crippen molar-refractivity contribution in [2.45, 2.75) is 11.8 Å². The van der Waals surface area contributed by atoms with Gasteiger partial charge in [0.1, 0.15) is 10.8 Å². The fourth-order valence-electron chi connectivity index (χ4n) is 1.41. The lowest BCUT2D eigenvalue weighted by Gasteiger charge is -2.22. The van der Waals surface area contributed by atoms with Crippen LogP contribution < -0.4 is 0 Å². The molecular formula is C10H7FN2S. The number of rotatable bonds is 1. The Kier molecular flexibility index (Phi) is 2.18. The van der Waals surface area contributed by atoms with Gasteiger partial charge in [0, 0.05) is 11.6 Å². The number of nitrogens with zero attached hydrogens (tertiary/aromatic N) is 2. The lowest BCUT2D eigenvalue weighted by atomic mass is 9.82. The molecule has 0 spiro atoms. The molecule has 0 aliphatic heterocycles. The first-order valence-electron chi connectivity index (χ1n) is 4.13. The molecule has 0 bridgehead atoms. The molecule has 70 valence electrons. The highest BCUT2D eigenvalue weighted by atomic mass is 32.1. The Morgan fingerprint density at radius 1 is 1.64 bits per heavy atom. The summed E-state index contributed by atoms with van der Waals surface area (Å²) >= 11 is 1.31. The summed E-state index contributed by atoms with van der Waals surface area (Å²) in [5, 5.41) is 11.4. The van der Waals surface area contributed by atoms with Crippen LogP contribution in [0.5, 0.6) is 0 Å². The highest BCUT2D eigenvalue weighted by Crippen LogP contribution is 2.39. The van der Waals surface area contributed by atoms with Crippen molar-refractivity contribution in [2.24, 2.45) is 0 Å². The molecular weight excluding hydrogens is 199 g/mol. The zero-order valence-corrected chi connectivity index (χ0v) is 8.09. The molecule has 0 saturated carbocycles. The van der Waals surface area contributed by atoms with E-state index in [1.54, 1.807) is 23.7 Å². The van der Waals surface area contributed by atoms with Crippen LogP contribution >= 0.6 is 11.3 Å². The Bertz CT molecular complexity index is 427. The van der Waals surface area contributed by atoms with Crippen LogP contribution in [0.1, 0.15) is 11.4 Å². The van der Waals surface area contributed by atoms with Crippen molar-refractivity contribution >= 4 is 11.3 Å². The summed E-state index contributed by atoms with van der Waals surface area (Å²) in [6, 6.07) is 2.02. The molecule has 2 nitrogen and oxygen atoms in total. The van der Waals surface area contributed by atoms with Crippen molar-refractivity contribution in [3.63, 3.8) is 0 Å². The maximum Gasteiger partial charge on any atom is 0.163 e. The summed E-state index contributed by atoms with van der Waals surface area (Å²) in [4.78, 5) is 4.01. The molecule has 4 heteroatoms. The summed E-state index contributed by atoms with van der Waals surface area (Å²) < 4.78 is 13.6. The van der Waals surface area contributed by atoms with Crippen LogP contribution in [-0.2, 0) is 5.41 Å². The third-order valence-corrected chi connectivity index (χ3v) is 3.13. The summed E-state index contributed by atoms with van der Waals surface area (Å²) in [6.07, 6.45) is 6.68. The average molecular weight is 206 g/mol. The summed E-state index contributed by atoms with van der Waals surface area (Å²) in [7, 11) is 0. The Morgan fingerprint density at radius 2 is 2.50 bits per heavy atom. The van der Waals surface area contributed by atoms with Gasteiger partial charge in [-0.05, 0) is 12.5 Å². The van der Waals surface area contributed by atoms with Crippen molar-refractivity contribution in [2.75, 3.05) is 0 Å². The second-order valence-corrected chi connectivity index (χ2v) is 3.90. The van der Waals surface area contributed by atoms with Gasteiger partial charge in [-0.1, -0.05) is 12.2 Å². The van der Waals surface area contributed by atoms with E-state index in [0.29, 0.717) is 11.4 Å². The quantitative estimate of drug-likeness (QED) is 0.708. The molecule has 14 heavy (non-hydrogen) atoms. The van der Waals surface area contributed by atoms with Gasteiger partial charge >= 0.3 is 0 Å². The minimum atomic E-state index is -1.18. The van der Waals surface area contributed by atoms with Crippen LogP contribution in [0.2, 0.25) is 0 Å². The van der Waals surface area contributed by atoms with Crippen molar-refractivity contribution in [1.29, 1.82) is 5.26 Å². The molecule has 0 aromatic carbocycles. The standard InChI is InChI=1S/C10H7FN2S/c11-8-3-1-2-4-10(8,7-12)9-13-5-6-14-9/h1-3,5-6H,4H2. The molecule has 0 saturated heterocycles. The molecule has 1 atom stereocenters. The Hall–Kier alpha value is -1.47. The SMILES string of the molecule is N#CC1(c2nccs2)CC=CC=C1F. The Balaban J connectivity index is 2.52. The zero-order valence-electron chi connectivity index (χ0n) is 7.27. The van der Waals surface area contributed by atoms with E-state index in [2.05, 4.69) is 4.98 Å². The predicted octanol–water partition coefficient (Wildman–Crippen LogP) is 2.72. The van der Waals surface area contributed by atoms with Crippen LogP contribution in [0, 0.1) is 11.3 Å². The number of nitriles is 1. The van der Waals surface area contributed by atoms with Gasteiger partial charge < -0.3 is 0 Å². The monoisotopic (exact) mass is 206 g/mol. The summed E-state index contributed by atoms with van der Waals surface area (Å²) in [5.41, 5.74) is -1.18. The van der Waals surface area contributed by atoms with Gasteiger partial charge in [0.2, 0.25) is 0 Å². The normalized spacial score (nSPS) is 25.6. The van der Waals surface area contributed by atoms with E-state index < -0.39 is 11.2 Å². The molecule has 0 N–H and O–H groups in total. The first kappa shape index (κ1) is 9.10. The first-order valence-corrected chi connectivity index (χ1v) is 5.01. The van der Waals surface area contributed by atoms with E-state index >= 15 is 0 Å². The largest absolute Gasteiger partial charge is 0.248 e.